The molecule has 0 aromatic carbocycles. The van der Waals surface area contributed by atoms with Gasteiger partial charge in [-0.15, -0.1) is 0 Å². The molecule has 3 nitrogen and oxygen atoms in total. The van der Waals surface area contributed by atoms with Crippen LogP contribution in [0.15, 0.2) is 0 Å². The second kappa shape index (κ2) is 7.60. The molecular weight excluding hydrogens is 141 g/mol. The molecule has 0 unspecified atom stereocenters. The Kier molecular flexibility index (Phi) is 7.25. The molecule has 0 atom stereocenters. The first-order chi connectivity index (χ1) is 5.31. The van der Waals surface area contributed by atoms with Gasteiger partial charge in [-0.1, -0.05) is 6.42 Å². The van der Waals surface area contributed by atoms with E-state index in [2.05, 4.69) is 9.96 Å². The lowest BCUT2D eigenvalue weighted by molar-refractivity contribution is -0.140. The van der Waals surface area contributed by atoms with E-state index in [1.807, 2.05) is 0 Å². The van der Waals surface area contributed by atoms with Crippen LogP contribution in [0.4, 0.5) is 0 Å². The Balaban J connectivity index is 2.95. The van der Waals surface area contributed by atoms with E-state index in [1.54, 1.807) is 0 Å². The van der Waals surface area contributed by atoms with Crippen LogP contribution < -0.4 is 5.23 Å². The monoisotopic (exact) mass is 158 g/mol. The minimum absolute atomic E-state index is 0.0867. The van der Waals surface area contributed by atoms with Crippen molar-refractivity contribution < 1.29 is 9.53 Å². The maximum atomic E-state index is 10.6. The predicted octanol–water partition coefficient (Wildman–Crippen LogP) is -0.410. The van der Waals surface area contributed by atoms with Gasteiger partial charge >= 0.3 is 5.97 Å². The van der Waals surface area contributed by atoms with Crippen molar-refractivity contribution in [3.05, 3.63) is 0 Å². The Hall–Kier alpha value is -0.505. The molecule has 0 rings (SSSR count). The molecule has 4 heteroatoms. The first-order valence-corrected chi connectivity index (χ1v) is 3.52. The van der Waals surface area contributed by atoms with Gasteiger partial charge < -0.3 is 9.96 Å². The Bertz CT molecular complexity index is 109. The van der Waals surface area contributed by atoms with E-state index < -0.39 is 0 Å². The number of ether oxygens (including phenoxy) is 1. The maximum Gasteiger partial charge on any atom is 0.305 e. The van der Waals surface area contributed by atoms with Crippen LogP contribution in [0.25, 0.3) is 0 Å². The van der Waals surface area contributed by atoms with Crippen molar-refractivity contribution in [3.63, 3.8) is 0 Å². The molecule has 0 aromatic rings. The molecule has 0 aliphatic rings. The molecule has 0 bridgehead atoms. The third-order valence-electron chi connectivity index (χ3n) is 1.29. The standard InChI is InChI=1S/C7H17BNO2/c1-11-7(10)5-3-2-4-6-9-8/h9H,2-6H2,1,8H3/q-1. The van der Waals surface area contributed by atoms with E-state index in [0.717, 1.165) is 19.4 Å². The molecule has 0 saturated heterocycles. The second-order valence-electron chi connectivity index (χ2n) is 2.14. The maximum absolute atomic E-state index is 10.6. The lowest BCUT2D eigenvalue weighted by Crippen LogP contribution is -2.09. The Labute approximate surface area is 68.9 Å². The fourth-order valence-corrected chi connectivity index (χ4v) is 0.673. The van der Waals surface area contributed by atoms with Crippen LogP contribution in [0.2, 0.25) is 0 Å². The first-order valence-electron chi connectivity index (χ1n) is 3.52. The molecular formula is C7H17BNO2-. The van der Waals surface area contributed by atoms with Crippen molar-refractivity contribution in [2.24, 2.45) is 0 Å². The van der Waals surface area contributed by atoms with Crippen LogP contribution in [0, 0.1) is 0 Å². The van der Waals surface area contributed by atoms with Crippen molar-refractivity contribution in [2.75, 3.05) is 13.7 Å². The lowest BCUT2D eigenvalue weighted by Gasteiger charge is -2.01. The van der Waals surface area contributed by atoms with Gasteiger partial charge in [0.2, 0.25) is 0 Å². The van der Waals surface area contributed by atoms with E-state index in [1.165, 1.54) is 13.5 Å². The molecule has 0 radical (unpaired) electrons. The summed E-state index contributed by atoms with van der Waals surface area (Å²) in [6.45, 7) is 1.14. The molecule has 0 heterocycles. The number of esters is 1. The van der Waals surface area contributed by atoms with Crippen LogP contribution in [-0.2, 0) is 9.53 Å². The van der Waals surface area contributed by atoms with Crippen LogP contribution in [0.3, 0.4) is 0 Å². The van der Waals surface area contributed by atoms with E-state index >= 15 is 0 Å². The summed E-state index contributed by atoms with van der Waals surface area (Å²) in [5.41, 5.74) is 0. The van der Waals surface area contributed by atoms with E-state index in [4.69, 9.17) is 0 Å². The minimum Gasteiger partial charge on any atom is -0.497 e. The quantitative estimate of drug-likeness (QED) is 0.324. The van der Waals surface area contributed by atoms with Gasteiger partial charge in [-0.25, -0.2) is 0 Å². The van der Waals surface area contributed by atoms with Gasteiger partial charge in [-0.05, 0) is 19.4 Å². The number of methoxy groups -OCH3 is 1. The number of carbonyl (C=O) groups excluding carboxylic acids is 1. The highest BCUT2D eigenvalue weighted by molar-refractivity contribution is 6.04. The highest BCUT2D eigenvalue weighted by Crippen LogP contribution is 1.99. The molecule has 11 heavy (non-hydrogen) atoms. The smallest absolute Gasteiger partial charge is 0.305 e. The number of carbonyl (C=O) groups is 1. The molecule has 66 valence electrons. The van der Waals surface area contributed by atoms with Crippen LogP contribution in [0.5, 0.6) is 0 Å². The SMILES string of the molecule is [BH3-]NCCCCCC(=O)OC. The largest absolute Gasteiger partial charge is 0.497 e. The number of rotatable bonds is 6. The van der Waals surface area contributed by atoms with Crippen LogP contribution >= 0.6 is 0 Å². The Morgan fingerprint density at radius 1 is 1.45 bits per heavy atom. The van der Waals surface area contributed by atoms with E-state index in [9.17, 15) is 4.79 Å². The number of unbranched alkanes of at least 4 members (excludes halogenated alkanes) is 2. The Morgan fingerprint density at radius 2 is 2.18 bits per heavy atom. The van der Waals surface area contributed by atoms with Gasteiger partial charge in [0.25, 0.3) is 0 Å². The molecule has 1 N–H and O–H groups in total. The molecule has 0 aliphatic carbocycles. The molecule has 0 aliphatic heterocycles. The first kappa shape index (κ1) is 10.5. The average Bonchev–Trinajstić information content (AvgIpc) is 2.04. The topological polar surface area (TPSA) is 38.3 Å². The number of nitrogens with one attached hydrogen (secondary N) is 1. The van der Waals surface area contributed by atoms with Crippen LogP contribution in [-0.4, -0.2) is 27.6 Å². The Morgan fingerprint density at radius 3 is 2.73 bits per heavy atom. The summed E-state index contributed by atoms with van der Waals surface area (Å²) in [6, 6.07) is 0. The van der Waals surface area contributed by atoms with E-state index in [-0.39, 0.29) is 5.97 Å². The third-order valence-corrected chi connectivity index (χ3v) is 1.29. The third kappa shape index (κ3) is 7.39. The van der Waals surface area contributed by atoms with Gasteiger partial charge in [0.15, 0.2) is 0 Å². The van der Waals surface area contributed by atoms with Crippen molar-refractivity contribution >= 4 is 14.0 Å². The van der Waals surface area contributed by atoms with Gasteiger partial charge in [0, 0.05) is 14.4 Å². The number of hydrogen-bond acceptors (Lipinski definition) is 3. The minimum atomic E-state index is -0.0867. The molecule has 0 spiro atoms. The molecule has 0 amide bonds. The second-order valence-corrected chi connectivity index (χ2v) is 2.14. The highest BCUT2D eigenvalue weighted by Gasteiger charge is 1.97. The van der Waals surface area contributed by atoms with Crippen molar-refractivity contribution in [1.82, 2.24) is 5.23 Å². The summed E-state index contributed by atoms with van der Waals surface area (Å²) in [5, 5.41) is 3.30. The summed E-state index contributed by atoms with van der Waals surface area (Å²) >= 11 is 0. The van der Waals surface area contributed by atoms with Crippen molar-refractivity contribution in [2.45, 2.75) is 25.7 Å². The zero-order valence-electron chi connectivity index (χ0n) is 6.35. The normalized spacial score (nSPS) is 9.64. The molecule has 0 fully saturated rings. The molecule has 0 aromatic heterocycles. The fraction of sp³-hybridized carbons (Fsp3) is 0.857. The fourth-order valence-electron chi connectivity index (χ4n) is 0.673. The van der Waals surface area contributed by atoms with Crippen molar-refractivity contribution in [1.29, 1.82) is 0 Å². The predicted molar refractivity (Wildman–Crippen MR) is 48.4 cm³/mol. The van der Waals surface area contributed by atoms with Gasteiger partial charge in [0.05, 0.1) is 7.11 Å². The summed E-state index contributed by atoms with van der Waals surface area (Å²) in [7, 11) is 1.81. The van der Waals surface area contributed by atoms with Gasteiger partial charge in [-0.3, -0.25) is 4.79 Å². The lowest BCUT2D eigenvalue weighted by atomic mass is 10.2. The zero-order valence-corrected chi connectivity index (χ0v) is 6.35. The summed E-state index contributed by atoms with van der Waals surface area (Å²) in [5.74, 6) is -0.0867. The van der Waals surface area contributed by atoms with E-state index in [0.29, 0.717) is 14.4 Å². The van der Waals surface area contributed by atoms with Gasteiger partial charge in [-0.2, -0.15) is 0 Å². The molecule has 0 saturated carbocycles. The van der Waals surface area contributed by atoms with Crippen molar-refractivity contribution in [3.8, 4) is 0 Å². The number of hydrogen-bond donors (Lipinski definition) is 1. The van der Waals surface area contributed by atoms with Gasteiger partial charge in [0.1, 0.15) is 0 Å². The summed E-state index contributed by atoms with van der Waals surface area (Å²) in [4.78, 5) is 10.6. The highest BCUT2D eigenvalue weighted by atomic mass is 16.5. The average molecular weight is 158 g/mol. The summed E-state index contributed by atoms with van der Waals surface area (Å²) in [6.07, 6.45) is 3.87. The summed E-state index contributed by atoms with van der Waals surface area (Å²) < 4.78 is 4.51. The van der Waals surface area contributed by atoms with Crippen LogP contribution in [0.1, 0.15) is 25.7 Å². The zero-order chi connectivity index (χ0) is 8.53.